The van der Waals surface area contributed by atoms with E-state index in [4.69, 9.17) is 5.11 Å². The van der Waals surface area contributed by atoms with Crippen molar-refractivity contribution in [2.45, 2.75) is 26.3 Å². The molecule has 0 spiro atoms. The van der Waals surface area contributed by atoms with Crippen LogP contribution in [0.3, 0.4) is 0 Å². The first-order chi connectivity index (χ1) is 12.9. The Hall–Kier alpha value is -1.96. The number of carbonyl (C=O) groups is 2. The zero-order valence-electron chi connectivity index (χ0n) is 16.3. The Morgan fingerprint density at radius 3 is 2.11 bits per heavy atom. The van der Waals surface area contributed by atoms with Gasteiger partial charge in [0.15, 0.2) is 0 Å². The maximum absolute atomic E-state index is 11.3. The summed E-state index contributed by atoms with van der Waals surface area (Å²) in [6.45, 7) is 8.21. The van der Waals surface area contributed by atoms with Crippen molar-refractivity contribution in [3.63, 3.8) is 0 Å². The quantitative estimate of drug-likeness (QED) is 0.734. The van der Waals surface area contributed by atoms with Crippen molar-refractivity contribution in [3.05, 3.63) is 35.4 Å². The summed E-state index contributed by atoms with van der Waals surface area (Å²) in [5.74, 6) is -1.70. The lowest BCUT2D eigenvalue weighted by Gasteiger charge is -2.33. The molecule has 0 radical (unpaired) electrons. The second kappa shape index (κ2) is 10.4. The summed E-state index contributed by atoms with van der Waals surface area (Å²) in [5.41, 5.74) is 2.46. The molecular weight excluding hydrogens is 346 g/mol. The van der Waals surface area contributed by atoms with Gasteiger partial charge >= 0.3 is 11.9 Å². The van der Waals surface area contributed by atoms with Crippen LogP contribution in [0.5, 0.6) is 0 Å². The topological polar surface area (TPSA) is 84.3 Å². The number of hydrogen-bond donors (Lipinski definition) is 2. The minimum atomic E-state index is -0.851. The lowest BCUT2D eigenvalue weighted by molar-refractivity contribution is -0.140. The van der Waals surface area contributed by atoms with E-state index in [1.165, 1.54) is 11.1 Å². The van der Waals surface area contributed by atoms with Gasteiger partial charge < -0.3 is 10.2 Å². The third-order valence-corrected chi connectivity index (χ3v) is 5.14. The number of rotatable bonds is 7. The van der Waals surface area contributed by atoms with Gasteiger partial charge in [0.05, 0.1) is 13.1 Å². The first kappa shape index (κ1) is 21.3. The van der Waals surface area contributed by atoms with Crippen molar-refractivity contribution in [1.82, 2.24) is 14.7 Å². The molecule has 1 aromatic carbocycles. The third kappa shape index (κ3) is 7.28. The zero-order valence-corrected chi connectivity index (χ0v) is 16.3. The number of carboxylic acids is 2. The van der Waals surface area contributed by atoms with Crippen molar-refractivity contribution in [2.24, 2.45) is 0 Å². The lowest BCUT2D eigenvalue weighted by Crippen LogP contribution is -2.47. The minimum absolute atomic E-state index is 0.0128. The first-order valence-electron chi connectivity index (χ1n) is 9.55. The molecule has 0 aliphatic carbocycles. The summed E-state index contributed by atoms with van der Waals surface area (Å²) in [6, 6.07) is 8.67. The molecule has 1 fully saturated rings. The van der Waals surface area contributed by atoms with Crippen LogP contribution in [0.25, 0.3) is 0 Å². The van der Waals surface area contributed by atoms with Crippen LogP contribution >= 0.6 is 0 Å². The van der Waals surface area contributed by atoms with Crippen LogP contribution in [-0.2, 0) is 16.0 Å². The molecule has 0 amide bonds. The van der Waals surface area contributed by atoms with Gasteiger partial charge in [-0.05, 0) is 25.5 Å². The molecule has 0 bridgehead atoms. The van der Waals surface area contributed by atoms with E-state index < -0.39 is 11.9 Å². The van der Waals surface area contributed by atoms with Gasteiger partial charge in [-0.15, -0.1) is 0 Å². The van der Waals surface area contributed by atoms with Gasteiger partial charge in [0.2, 0.25) is 0 Å². The van der Waals surface area contributed by atoms with Crippen LogP contribution in [-0.4, -0.2) is 95.3 Å². The van der Waals surface area contributed by atoms with Gasteiger partial charge in [0.25, 0.3) is 0 Å². The van der Waals surface area contributed by atoms with Crippen LogP contribution in [0.2, 0.25) is 0 Å². The molecule has 2 N–H and O–H groups in total. The molecule has 150 valence electrons. The third-order valence-electron chi connectivity index (χ3n) is 5.14. The molecule has 7 heteroatoms. The number of hydrogen-bond acceptors (Lipinski definition) is 5. The van der Waals surface area contributed by atoms with Gasteiger partial charge in [-0.2, -0.15) is 0 Å². The van der Waals surface area contributed by atoms with Crippen molar-refractivity contribution in [2.75, 3.05) is 52.4 Å². The molecule has 2 rings (SSSR count). The lowest BCUT2D eigenvalue weighted by atomic mass is 10.0. The minimum Gasteiger partial charge on any atom is -0.480 e. The molecule has 0 saturated carbocycles. The second-order valence-electron chi connectivity index (χ2n) is 7.27. The van der Waals surface area contributed by atoms with Crippen LogP contribution in [0.15, 0.2) is 24.3 Å². The summed E-state index contributed by atoms with van der Waals surface area (Å²) < 4.78 is 0. The first-order valence-corrected chi connectivity index (χ1v) is 9.55. The standard InChI is InChI=1S/C20H31N3O4/c1-3-23-11-10-21(14-19(24)25)8-9-22(15-20(26)27)13-18(23)12-17-6-4-16(2)5-7-17/h4-7,18H,3,8-15H2,1-2H3,(H,24,25)(H,26,27). The summed E-state index contributed by atoms with van der Waals surface area (Å²) in [6.07, 6.45) is 0.850. The molecule has 7 nitrogen and oxygen atoms in total. The fourth-order valence-corrected chi connectivity index (χ4v) is 3.64. The van der Waals surface area contributed by atoms with Crippen molar-refractivity contribution in [3.8, 4) is 0 Å². The molecule has 27 heavy (non-hydrogen) atoms. The van der Waals surface area contributed by atoms with Gasteiger partial charge in [-0.25, -0.2) is 0 Å². The fraction of sp³-hybridized carbons (Fsp3) is 0.600. The molecule has 1 aromatic rings. The Bertz CT molecular complexity index is 620. The molecule has 1 saturated heterocycles. The molecule has 1 aliphatic rings. The van der Waals surface area contributed by atoms with Gasteiger partial charge in [-0.3, -0.25) is 24.3 Å². The normalized spacial score (nSPS) is 20.6. The predicted octanol–water partition coefficient (Wildman–Crippen LogP) is 1.01. The zero-order chi connectivity index (χ0) is 19.8. The number of benzene rings is 1. The summed E-state index contributed by atoms with van der Waals surface area (Å²) in [4.78, 5) is 28.6. The highest BCUT2D eigenvalue weighted by Crippen LogP contribution is 2.14. The van der Waals surface area contributed by atoms with E-state index in [1.807, 2.05) is 9.80 Å². The van der Waals surface area contributed by atoms with E-state index in [0.29, 0.717) is 26.2 Å². The highest BCUT2D eigenvalue weighted by molar-refractivity contribution is 5.69. The number of carboxylic acid groups (broad SMARTS) is 2. The average molecular weight is 377 g/mol. The Kier molecular flexibility index (Phi) is 8.22. The molecule has 1 atom stereocenters. The summed E-state index contributed by atoms with van der Waals surface area (Å²) >= 11 is 0. The van der Waals surface area contributed by atoms with E-state index >= 15 is 0 Å². The highest BCUT2D eigenvalue weighted by Gasteiger charge is 2.25. The van der Waals surface area contributed by atoms with E-state index in [2.05, 4.69) is 43.0 Å². The fourth-order valence-electron chi connectivity index (χ4n) is 3.64. The molecule has 0 aromatic heterocycles. The van der Waals surface area contributed by atoms with Crippen LogP contribution in [0.4, 0.5) is 0 Å². The number of aliphatic carboxylic acids is 2. The predicted molar refractivity (Wildman–Crippen MR) is 104 cm³/mol. The highest BCUT2D eigenvalue weighted by atomic mass is 16.4. The molecule has 1 unspecified atom stereocenters. The van der Waals surface area contributed by atoms with Crippen LogP contribution in [0, 0.1) is 6.92 Å². The van der Waals surface area contributed by atoms with Gasteiger partial charge in [-0.1, -0.05) is 36.8 Å². The van der Waals surface area contributed by atoms with Crippen molar-refractivity contribution >= 4 is 11.9 Å². The SMILES string of the molecule is CCN1CCN(CC(=O)O)CCN(CC(=O)O)CC1Cc1ccc(C)cc1. The van der Waals surface area contributed by atoms with Gasteiger partial charge in [0.1, 0.15) is 0 Å². The number of likely N-dealkylation sites (N-methyl/N-ethyl adjacent to an activating group) is 1. The Labute approximate surface area is 161 Å². The Morgan fingerprint density at radius 1 is 0.963 bits per heavy atom. The number of aryl methyl sites for hydroxylation is 1. The van der Waals surface area contributed by atoms with Crippen LogP contribution in [0.1, 0.15) is 18.1 Å². The summed E-state index contributed by atoms with van der Waals surface area (Å²) in [7, 11) is 0. The second-order valence-corrected chi connectivity index (χ2v) is 7.27. The van der Waals surface area contributed by atoms with Crippen molar-refractivity contribution < 1.29 is 19.8 Å². The largest absolute Gasteiger partial charge is 0.480 e. The maximum atomic E-state index is 11.3. The smallest absolute Gasteiger partial charge is 0.317 e. The number of nitrogens with zero attached hydrogens (tertiary/aromatic N) is 3. The molecule has 1 heterocycles. The van der Waals surface area contributed by atoms with E-state index in [0.717, 1.165) is 19.5 Å². The molecule has 1 aliphatic heterocycles. The Balaban J connectivity index is 2.18. The summed E-state index contributed by atoms with van der Waals surface area (Å²) in [5, 5.41) is 18.4. The maximum Gasteiger partial charge on any atom is 0.317 e. The molecular formula is C20H31N3O4. The van der Waals surface area contributed by atoms with E-state index in [-0.39, 0.29) is 19.1 Å². The van der Waals surface area contributed by atoms with Crippen LogP contribution < -0.4 is 0 Å². The van der Waals surface area contributed by atoms with E-state index in [9.17, 15) is 14.7 Å². The van der Waals surface area contributed by atoms with E-state index in [1.54, 1.807) is 0 Å². The Morgan fingerprint density at radius 2 is 1.52 bits per heavy atom. The monoisotopic (exact) mass is 377 g/mol. The van der Waals surface area contributed by atoms with Gasteiger partial charge in [0, 0.05) is 38.8 Å². The van der Waals surface area contributed by atoms with Crippen molar-refractivity contribution in [1.29, 1.82) is 0 Å². The average Bonchev–Trinajstić information content (AvgIpc) is 2.66.